The summed E-state index contributed by atoms with van der Waals surface area (Å²) < 4.78 is 2.08. The Morgan fingerprint density at radius 2 is 1.96 bits per heavy atom. The Bertz CT molecular complexity index is 919. The largest absolute Gasteiger partial charge is 0.507 e. The molecule has 0 aliphatic carbocycles. The highest BCUT2D eigenvalue weighted by Crippen LogP contribution is 2.31. The minimum atomic E-state index is -0.286. The average molecular weight is 310 g/mol. The first-order valence-electron chi connectivity index (χ1n) is 8.09. The van der Waals surface area contributed by atoms with Gasteiger partial charge < -0.3 is 14.7 Å². The average Bonchev–Trinajstić information content (AvgIpc) is 2.84. The summed E-state index contributed by atoms with van der Waals surface area (Å²) in [6, 6.07) is 9.78. The molecule has 2 heterocycles. The fourth-order valence-electron chi connectivity index (χ4n) is 3.21. The van der Waals surface area contributed by atoms with Gasteiger partial charge in [-0.3, -0.25) is 4.79 Å². The first kappa shape index (κ1) is 15.4. The van der Waals surface area contributed by atoms with Crippen LogP contribution in [0.25, 0.3) is 22.3 Å². The minimum absolute atomic E-state index is 0.0585. The summed E-state index contributed by atoms with van der Waals surface area (Å²) >= 11 is 0. The lowest BCUT2D eigenvalue weighted by Crippen LogP contribution is -2.09. The first-order chi connectivity index (χ1) is 11.0. The van der Waals surface area contributed by atoms with Crippen molar-refractivity contribution in [3.63, 3.8) is 0 Å². The molecular formula is C19H22N2O2. The second-order valence-corrected chi connectivity index (χ2v) is 5.96. The van der Waals surface area contributed by atoms with Gasteiger partial charge in [-0.05, 0) is 30.5 Å². The molecule has 0 atom stereocenters. The molecule has 0 saturated heterocycles. The maximum atomic E-state index is 11.8. The van der Waals surface area contributed by atoms with Crippen molar-refractivity contribution in [3.8, 4) is 17.1 Å². The molecule has 0 amide bonds. The van der Waals surface area contributed by atoms with Gasteiger partial charge in [0.1, 0.15) is 5.75 Å². The lowest BCUT2D eigenvalue weighted by molar-refractivity contribution is 0.467. The zero-order valence-corrected chi connectivity index (χ0v) is 13.8. The predicted molar refractivity (Wildman–Crippen MR) is 94.0 cm³/mol. The zero-order valence-electron chi connectivity index (χ0n) is 13.8. The molecule has 23 heavy (non-hydrogen) atoms. The Morgan fingerprint density at radius 3 is 2.65 bits per heavy atom. The third kappa shape index (κ3) is 2.65. The zero-order chi connectivity index (χ0) is 16.6. The van der Waals surface area contributed by atoms with E-state index in [1.54, 1.807) is 0 Å². The fraction of sp³-hybridized carbons (Fsp3) is 0.316. The number of benzene rings is 1. The standard InChI is InChI=1S/C19H22N2O2/c1-4-6-12-7-8-13-10-16(21(3)15(13)9-12)19-14(5-2)17(22)11-18(23)20-19/h7-11H,4-6H2,1-3H3,(H2,20,22,23). The van der Waals surface area contributed by atoms with Crippen LogP contribution in [-0.4, -0.2) is 14.7 Å². The fourth-order valence-corrected chi connectivity index (χ4v) is 3.21. The van der Waals surface area contributed by atoms with Crippen molar-refractivity contribution in [2.24, 2.45) is 7.05 Å². The molecule has 2 N–H and O–H groups in total. The van der Waals surface area contributed by atoms with Crippen LogP contribution in [-0.2, 0) is 19.9 Å². The second-order valence-electron chi connectivity index (χ2n) is 5.96. The van der Waals surface area contributed by atoms with Gasteiger partial charge in [0.25, 0.3) is 5.56 Å². The molecule has 0 unspecified atom stereocenters. The summed E-state index contributed by atoms with van der Waals surface area (Å²) in [5.41, 5.74) is 4.55. The van der Waals surface area contributed by atoms with E-state index in [0.717, 1.165) is 35.0 Å². The van der Waals surface area contributed by atoms with Crippen LogP contribution in [0.4, 0.5) is 0 Å². The molecule has 3 aromatic rings. The van der Waals surface area contributed by atoms with Crippen LogP contribution in [0.3, 0.4) is 0 Å². The molecule has 4 heteroatoms. The predicted octanol–water partition coefficient (Wildman–Crippen LogP) is 3.75. The molecule has 0 radical (unpaired) electrons. The maximum absolute atomic E-state index is 11.8. The molecule has 2 aromatic heterocycles. The van der Waals surface area contributed by atoms with Gasteiger partial charge in [-0.25, -0.2) is 0 Å². The molecule has 1 aromatic carbocycles. The van der Waals surface area contributed by atoms with Gasteiger partial charge in [0.05, 0.1) is 11.4 Å². The summed E-state index contributed by atoms with van der Waals surface area (Å²) in [6.07, 6.45) is 2.82. The highest BCUT2D eigenvalue weighted by molar-refractivity contribution is 5.87. The molecule has 0 aliphatic rings. The summed E-state index contributed by atoms with van der Waals surface area (Å²) in [5, 5.41) is 11.2. The quantitative estimate of drug-likeness (QED) is 0.771. The summed E-state index contributed by atoms with van der Waals surface area (Å²) in [4.78, 5) is 14.7. The van der Waals surface area contributed by atoms with E-state index in [0.29, 0.717) is 12.1 Å². The van der Waals surface area contributed by atoms with Crippen LogP contribution in [0.15, 0.2) is 35.1 Å². The lowest BCUT2D eigenvalue weighted by Gasteiger charge is -2.11. The van der Waals surface area contributed by atoms with Gasteiger partial charge in [0.2, 0.25) is 0 Å². The van der Waals surface area contributed by atoms with Gasteiger partial charge in [-0.15, -0.1) is 0 Å². The number of rotatable bonds is 4. The van der Waals surface area contributed by atoms with Crippen molar-refractivity contribution in [2.45, 2.75) is 33.1 Å². The highest BCUT2D eigenvalue weighted by Gasteiger charge is 2.15. The topological polar surface area (TPSA) is 58.0 Å². The van der Waals surface area contributed by atoms with E-state index < -0.39 is 0 Å². The number of fused-ring (bicyclic) bond motifs is 1. The van der Waals surface area contributed by atoms with E-state index >= 15 is 0 Å². The first-order valence-corrected chi connectivity index (χ1v) is 8.09. The maximum Gasteiger partial charge on any atom is 0.252 e. The summed E-state index contributed by atoms with van der Waals surface area (Å²) in [7, 11) is 2.00. The number of pyridine rings is 1. The number of nitrogens with one attached hydrogen (secondary N) is 1. The van der Waals surface area contributed by atoms with E-state index in [4.69, 9.17) is 0 Å². The number of aromatic amines is 1. The number of aromatic hydroxyl groups is 1. The van der Waals surface area contributed by atoms with Crippen molar-refractivity contribution < 1.29 is 5.11 Å². The van der Waals surface area contributed by atoms with E-state index in [1.807, 2.05) is 14.0 Å². The van der Waals surface area contributed by atoms with Gasteiger partial charge in [0, 0.05) is 29.6 Å². The molecular weight excluding hydrogens is 288 g/mol. The van der Waals surface area contributed by atoms with Crippen molar-refractivity contribution in [2.75, 3.05) is 0 Å². The van der Waals surface area contributed by atoms with E-state index in [9.17, 15) is 9.90 Å². The number of nitrogens with zero attached hydrogens (tertiary/aromatic N) is 1. The van der Waals surface area contributed by atoms with Crippen molar-refractivity contribution in [1.29, 1.82) is 0 Å². The minimum Gasteiger partial charge on any atom is -0.507 e. The normalized spacial score (nSPS) is 11.3. The Labute approximate surface area is 135 Å². The van der Waals surface area contributed by atoms with Gasteiger partial charge >= 0.3 is 0 Å². The van der Waals surface area contributed by atoms with Crippen LogP contribution >= 0.6 is 0 Å². The van der Waals surface area contributed by atoms with Crippen LogP contribution in [0.1, 0.15) is 31.4 Å². The third-order valence-corrected chi connectivity index (χ3v) is 4.39. The molecule has 0 aliphatic heterocycles. The molecule has 0 saturated carbocycles. The molecule has 3 rings (SSSR count). The second kappa shape index (κ2) is 5.95. The van der Waals surface area contributed by atoms with Crippen molar-refractivity contribution in [1.82, 2.24) is 9.55 Å². The van der Waals surface area contributed by atoms with E-state index in [-0.39, 0.29) is 11.3 Å². The lowest BCUT2D eigenvalue weighted by atomic mass is 10.1. The van der Waals surface area contributed by atoms with E-state index in [2.05, 4.69) is 40.7 Å². The van der Waals surface area contributed by atoms with Crippen LogP contribution < -0.4 is 5.56 Å². The molecule has 0 bridgehead atoms. The Balaban J connectivity index is 2.25. The molecule has 0 spiro atoms. The van der Waals surface area contributed by atoms with Gasteiger partial charge in [-0.1, -0.05) is 32.4 Å². The smallest absolute Gasteiger partial charge is 0.252 e. The SMILES string of the molecule is CCCc1ccc2cc(-c3[nH]c(=O)cc(O)c3CC)n(C)c2c1. The summed E-state index contributed by atoms with van der Waals surface area (Å²) in [5.74, 6) is 0.0585. The highest BCUT2D eigenvalue weighted by atomic mass is 16.3. The van der Waals surface area contributed by atoms with Crippen molar-refractivity contribution >= 4 is 10.9 Å². The number of hydrogen-bond donors (Lipinski definition) is 2. The Hall–Kier alpha value is -2.49. The number of hydrogen-bond acceptors (Lipinski definition) is 2. The van der Waals surface area contributed by atoms with Crippen LogP contribution in [0.5, 0.6) is 5.75 Å². The Morgan fingerprint density at radius 1 is 1.17 bits per heavy atom. The molecule has 120 valence electrons. The monoisotopic (exact) mass is 310 g/mol. The third-order valence-electron chi connectivity index (χ3n) is 4.39. The van der Waals surface area contributed by atoms with Crippen LogP contribution in [0, 0.1) is 0 Å². The number of aryl methyl sites for hydroxylation is 2. The van der Waals surface area contributed by atoms with Crippen molar-refractivity contribution in [3.05, 3.63) is 51.8 Å². The van der Waals surface area contributed by atoms with Gasteiger partial charge in [0.15, 0.2) is 0 Å². The molecule has 0 fully saturated rings. The van der Waals surface area contributed by atoms with Gasteiger partial charge in [-0.2, -0.15) is 0 Å². The Kier molecular flexibility index (Phi) is 3.99. The number of aromatic nitrogens is 2. The summed E-state index contributed by atoms with van der Waals surface area (Å²) in [6.45, 7) is 4.14. The molecule has 4 nitrogen and oxygen atoms in total. The number of H-pyrrole nitrogens is 1. The van der Waals surface area contributed by atoms with Crippen LogP contribution in [0.2, 0.25) is 0 Å². The van der Waals surface area contributed by atoms with E-state index in [1.165, 1.54) is 11.6 Å².